The van der Waals surface area contributed by atoms with Gasteiger partial charge in [0.05, 0.1) is 6.42 Å². The van der Waals surface area contributed by atoms with Crippen LogP contribution in [0.3, 0.4) is 0 Å². The number of rotatable bonds is 19. The highest BCUT2D eigenvalue weighted by Gasteiger charge is 2.44. The maximum absolute atomic E-state index is 14.9. The zero-order valence-corrected chi connectivity index (χ0v) is 36.1. The Morgan fingerprint density at radius 1 is 0.705 bits per heavy atom. The summed E-state index contributed by atoms with van der Waals surface area (Å²) in [5, 5.41) is 6.13. The number of nitrogens with one attached hydrogen (secondary N) is 2. The lowest BCUT2D eigenvalue weighted by molar-refractivity contribution is -0.213. The molecule has 3 aromatic carbocycles. The van der Waals surface area contributed by atoms with Crippen LogP contribution in [0.4, 0.5) is 9.59 Å². The van der Waals surface area contributed by atoms with Gasteiger partial charge < -0.3 is 34.5 Å². The van der Waals surface area contributed by atoms with Crippen LogP contribution in [0.2, 0.25) is 0 Å². The number of hydroxylamine groups is 2. The van der Waals surface area contributed by atoms with Gasteiger partial charge in [-0.1, -0.05) is 91.0 Å². The van der Waals surface area contributed by atoms with Gasteiger partial charge in [-0.05, 0) is 90.3 Å². The lowest BCUT2D eigenvalue weighted by Crippen LogP contribution is -2.58. The second-order valence-corrected chi connectivity index (χ2v) is 16.7. The first-order valence-corrected chi connectivity index (χ1v) is 20.7. The van der Waals surface area contributed by atoms with Crippen molar-refractivity contribution in [1.29, 1.82) is 0 Å². The number of likely N-dealkylation sites (tertiary alicyclic amines) is 1. The van der Waals surface area contributed by atoms with Gasteiger partial charge in [0.15, 0.2) is 0 Å². The first-order valence-electron chi connectivity index (χ1n) is 20.7. The van der Waals surface area contributed by atoms with Gasteiger partial charge in [0, 0.05) is 13.1 Å². The molecule has 4 rings (SSSR count). The quantitative estimate of drug-likeness (QED) is 0.0563. The number of alkyl carbamates (subject to hydrolysis) is 2. The second kappa shape index (κ2) is 23.1. The minimum atomic E-state index is -1.61. The Kier molecular flexibility index (Phi) is 18.1. The minimum Gasteiger partial charge on any atom is -0.461 e. The van der Waals surface area contributed by atoms with E-state index in [-0.39, 0.29) is 39.3 Å². The van der Waals surface area contributed by atoms with E-state index in [4.69, 9.17) is 23.8 Å². The number of hydrogen-bond acceptors (Lipinski definition) is 11. The zero-order valence-electron chi connectivity index (χ0n) is 36.1. The van der Waals surface area contributed by atoms with E-state index in [9.17, 15) is 28.8 Å². The van der Waals surface area contributed by atoms with Crippen LogP contribution in [0.1, 0.15) is 96.8 Å². The van der Waals surface area contributed by atoms with Gasteiger partial charge in [0.2, 0.25) is 5.91 Å². The fourth-order valence-electron chi connectivity index (χ4n) is 6.40. The summed E-state index contributed by atoms with van der Waals surface area (Å²) >= 11 is 0. The van der Waals surface area contributed by atoms with Crippen molar-refractivity contribution in [3.05, 3.63) is 108 Å². The van der Waals surface area contributed by atoms with Gasteiger partial charge in [-0.3, -0.25) is 19.2 Å². The summed E-state index contributed by atoms with van der Waals surface area (Å²) in [4.78, 5) is 89.9. The molecule has 1 fully saturated rings. The largest absolute Gasteiger partial charge is 0.461 e. The highest BCUT2D eigenvalue weighted by molar-refractivity contribution is 5.94. The van der Waals surface area contributed by atoms with Crippen molar-refractivity contribution in [3.8, 4) is 0 Å². The monoisotopic (exact) mass is 844 g/mol. The number of ether oxygens (including phenoxy) is 4. The molecule has 15 nitrogen and oxygen atoms in total. The number of nitrogens with zero attached hydrogens (tertiary/aromatic N) is 2. The summed E-state index contributed by atoms with van der Waals surface area (Å²) in [5.41, 5.74) is 0.425. The number of unbranched alkanes of at least 4 members (excludes halogenated alkanes) is 1. The topological polar surface area (TPSA) is 179 Å². The van der Waals surface area contributed by atoms with Crippen LogP contribution < -0.4 is 10.6 Å². The molecule has 15 heteroatoms. The number of benzene rings is 3. The third kappa shape index (κ3) is 16.9. The van der Waals surface area contributed by atoms with Gasteiger partial charge in [-0.2, -0.15) is 0 Å². The maximum atomic E-state index is 14.9. The molecule has 0 aromatic heterocycles. The van der Waals surface area contributed by atoms with Crippen molar-refractivity contribution in [2.24, 2.45) is 0 Å². The average Bonchev–Trinajstić information content (AvgIpc) is 3.71. The molecule has 0 aliphatic carbocycles. The van der Waals surface area contributed by atoms with E-state index < -0.39 is 71.7 Å². The Balaban J connectivity index is 1.63. The zero-order chi connectivity index (χ0) is 44.4. The molecular formula is C46H60N4O11. The Morgan fingerprint density at radius 2 is 1.25 bits per heavy atom. The van der Waals surface area contributed by atoms with Gasteiger partial charge in [-0.25, -0.2) is 19.4 Å². The van der Waals surface area contributed by atoms with E-state index in [0.29, 0.717) is 36.8 Å². The van der Waals surface area contributed by atoms with Crippen molar-refractivity contribution in [2.75, 3.05) is 13.1 Å². The predicted molar refractivity (Wildman–Crippen MR) is 225 cm³/mol. The summed E-state index contributed by atoms with van der Waals surface area (Å²) in [6, 6.07) is 23.2. The number of amides is 4. The van der Waals surface area contributed by atoms with Gasteiger partial charge >= 0.3 is 24.1 Å². The molecule has 1 aliphatic rings. The molecule has 0 spiro atoms. The summed E-state index contributed by atoms with van der Waals surface area (Å²) in [6.07, 6.45) is -0.711. The SMILES string of the molecule is CC(C)(C)OC(=O)N[C@@H](CC(=O)OCc1ccccc1)C(=O)N(OCc1ccccc1)[C@@H](CCCCNC(=O)OCc1ccccc1)C(=O)N1CCC[C@H]1C(=O)OC(C)(C)C. The number of esters is 2. The van der Waals surface area contributed by atoms with Crippen molar-refractivity contribution < 1.29 is 52.6 Å². The minimum absolute atomic E-state index is 0.00918. The maximum Gasteiger partial charge on any atom is 0.408 e. The molecule has 3 aromatic rings. The third-order valence-corrected chi connectivity index (χ3v) is 9.20. The van der Waals surface area contributed by atoms with Crippen LogP contribution in [0.5, 0.6) is 0 Å². The fraction of sp³-hybridized carbons (Fsp3) is 0.478. The Bertz CT molecular complexity index is 1880. The molecule has 0 bridgehead atoms. The average molecular weight is 845 g/mol. The van der Waals surface area contributed by atoms with E-state index in [1.807, 2.05) is 42.5 Å². The van der Waals surface area contributed by atoms with Crippen molar-refractivity contribution in [1.82, 2.24) is 20.6 Å². The second-order valence-electron chi connectivity index (χ2n) is 16.7. The number of hydrogen-bond donors (Lipinski definition) is 2. The van der Waals surface area contributed by atoms with Crippen molar-refractivity contribution in [2.45, 2.75) is 129 Å². The lowest BCUT2D eigenvalue weighted by Gasteiger charge is -2.36. The van der Waals surface area contributed by atoms with Gasteiger partial charge in [-0.15, -0.1) is 0 Å². The first-order chi connectivity index (χ1) is 29.0. The van der Waals surface area contributed by atoms with E-state index in [0.717, 1.165) is 10.6 Å². The highest BCUT2D eigenvalue weighted by Crippen LogP contribution is 2.26. The van der Waals surface area contributed by atoms with Crippen LogP contribution in [-0.2, 0) is 62.8 Å². The van der Waals surface area contributed by atoms with Crippen LogP contribution in [0.15, 0.2) is 91.0 Å². The Hall–Kier alpha value is -5.96. The Morgan fingerprint density at radius 3 is 1.80 bits per heavy atom. The standard InChI is InChI=1S/C46H60N4O11/c1-45(2,3)60-42(54)38-26-18-28-49(38)41(53)37(25-16-17-27-47-43(55)58-31-34-21-12-8-13-22-34)50(59-32-35-23-14-9-15-24-35)40(52)36(48-44(56)61-46(4,5)6)29-39(51)57-30-33-19-10-7-11-20-33/h7-15,19-24,36-38H,16-18,25-32H2,1-6H3,(H,47,55)(H,48,56)/t36-,37-,38-/m0/s1. The molecular weight excluding hydrogens is 785 g/mol. The molecule has 0 unspecified atom stereocenters. The molecule has 61 heavy (non-hydrogen) atoms. The van der Waals surface area contributed by atoms with Crippen LogP contribution >= 0.6 is 0 Å². The summed E-state index contributed by atoms with van der Waals surface area (Å²) < 4.78 is 22.0. The molecule has 1 aliphatic heterocycles. The molecule has 2 N–H and O–H groups in total. The van der Waals surface area contributed by atoms with Crippen LogP contribution in [0, 0.1) is 0 Å². The van der Waals surface area contributed by atoms with E-state index in [2.05, 4.69) is 10.6 Å². The van der Waals surface area contributed by atoms with Gasteiger partial charge in [0.1, 0.15) is 49.1 Å². The number of carbonyl (C=O) groups excluding carboxylic acids is 6. The summed E-state index contributed by atoms with van der Waals surface area (Å²) in [5.74, 6) is -2.90. The molecule has 1 saturated heterocycles. The molecule has 0 radical (unpaired) electrons. The third-order valence-electron chi connectivity index (χ3n) is 9.20. The number of carbonyl (C=O) groups is 6. The fourth-order valence-corrected chi connectivity index (χ4v) is 6.40. The molecule has 3 atom stereocenters. The first kappa shape index (κ1) is 47.7. The lowest BCUT2D eigenvalue weighted by atomic mass is 10.0. The van der Waals surface area contributed by atoms with E-state index in [1.54, 1.807) is 90.1 Å². The predicted octanol–water partition coefficient (Wildman–Crippen LogP) is 6.77. The van der Waals surface area contributed by atoms with Crippen molar-refractivity contribution >= 4 is 35.9 Å². The van der Waals surface area contributed by atoms with Crippen LogP contribution in [0.25, 0.3) is 0 Å². The summed E-state index contributed by atoms with van der Waals surface area (Å²) in [6.45, 7) is 10.4. The van der Waals surface area contributed by atoms with Gasteiger partial charge in [0.25, 0.3) is 5.91 Å². The Labute approximate surface area is 358 Å². The normalized spacial score (nSPS) is 14.9. The molecule has 1 heterocycles. The van der Waals surface area contributed by atoms with E-state index >= 15 is 0 Å². The van der Waals surface area contributed by atoms with Crippen LogP contribution in [-0.4, -0.2) is 88.3 Å². The van der Waals surface area contributed by atoms with E-state index in [1.165, 1.54) is 4.90 Å². The molecule has 330 valence electrons. The summed E-state index contributed by atoms with van der Waals surface area (Å²) in [7, 11) is 0. The molecule has 0 saturated carbocycles. The smallest absolute Gasteiger partial charge is 0.408 e. The van der Waals surface area contributed by atoms with Crippen molar-refractivity contribution in [3.63, 3.8) is 0 Å². The molecule has 4 amide bonds. The highest BCUT2D eigenvalue weighted by atomic mass is 16.7.